The van der Waals surface area contributed by atoms with Gasteiger partial charge < -0.3 is 20.2 Å². The van der Waals surface area contributed by atoms with Crippen molar-refractivity contribution < 1.29 is 14.3 Å². The van der Waals surface area contributed by atoms with Crippen LogP contribution in [0.3, 0.4) is 0 Å². The topological polar surface area (TPSA) is 132 Å². The fraction of sp³-hybridized carbons (Fsp3) is 0.222. The lowest BCUT2D eigenvalue weighted by Crippen LogP contribution is -2.11. The van der Waals surface area contributed by atoms with Crippen LogP contribution in [0.4, 0.5) is 0 Å². The molecule has 1 aromatic carbocycles. The van der Waals surface area contributed by atoms with Crippen LogP contribution in [0.25, 0.3) is 33.5 Å². The smallest absolute Gasteiger partial charge is 0.248 e. The number of rotatable bonds is 7. The third-order valence-electron chi connectivity index (χ3n) is 4.20. The van der Waals surface area contributed by atoms with E-state index in [9.17, 15) is 4.79 Å². The number of primary amides is 1. The number of carbonyl (C=O) groups is 1. The van der Waals surface area contributed by atoms with Crippen LogP contribution in [0.15, 0.2) is 30.6 Å². The summed E-state index contributed by atoms with van der Waals surface area (Å²) in [6, 6.07) is 5.15. The lowest BCUT2D eigenvalue weighted by Gasteiger charge is -2.08. The predicted octanol–water partition coefficient (Wildman–Crippen LogP) is 2.02. The quantitative estimate of drug-likeness (QED) is 0.429. The second kappa shape index (κ2) is 7.04. The molecule has 3 heterocycles. The maximum Gasteiger partial charge on any atom is 0.248 e. The molecule has 0 aliphatic carbocycles. The number of aromatic amines is 2. The van der Waals surface area contributed by atoms with Crippen LogP contribution in [0.1, 0.15) is 16.8 Å². The maximum absolute atomic E-state index is 11.7. The monoisotopic (exact) mass is 366 g/mol. The Hall–Kier alpha value is -3.46. The fourth-order valence-electron chi connectivity index (χ4n) is 2.90. The Bertz CT molecular complexity index is 1100. The first-order valence-electron chi connectivity index (χ1n) is 8.41. The molecule has 0 saturated carbocycles. The molecule has 4 rings (SSSR count). The number of carbonyl (C=O) groups excluding carboxylic acids is 1. The largest absolute Gasteiger partial charge is 0.491 e. The van der Waals surface area contributed by atoms with E-state index in [1.807, 2.05) is 0 Å². The molecule has 3 aromatic heterocycles. The van der Waals surface area contributed by atoms with E-state index >= 15 is 0 Å². The zero-order chi connectivity index (χ0) is 18.8. The molecule has 1 amide bonds. The van der Waals surface area contributed by atoms with Gasteiger partial charge in [0, 0.05) is 48.9 Å². The highest BCUT2D eigenvalue weighted by molar-refractivity contribution is 6.11. The van der Waals surface area contributed by atoms with Crippen molar-refractivity contribution in [1.82, 2.24) is 25.1 Å². The number of H-pyrrole nitrogens is 2. The first-order valence-corrected chi connectivity index (χ1v) is 8.41. The molecule has 138 valence electrons. The van der Waals surface area contributed by atoms with Gasteiger partial charge >= 0.3 is 0 Å². The first kappa shape index (κ1) is 17.0. The van der Waals surface area contributed by atoms with Crippen molar-refractivity contribution in [2.45, 2.75) is 6.42 Å². The SMILES string of the molecule is COCCCOc1cc(C(N)=O)cc2c1[nH]c1nc(-c3ccn[nH]3)ncc12. The van der Waals surface area contributed by atoms with E-state index in [1.165, 1.54) is 0 Å². The Balaban J connectivity index is 1.82. The minimum absolute atomic E-state index is 0.364. The highest BCUT2D eigenvalue weighted by Gasteiger charge is 2.16. The summed E-state index contributed by atoms with van der Waals surface area (Å²) < 4.78 is 10.9. The van der Waals surface area contributed by atoms with Gasteiger partial charge in [0.25, 0.3) is 0 Å². The van der Waals surface area contributed by atoms with E-state index in [0.29, 0.717) is 41.7 Å². The molecular weight excluding hydrogens is 348 g/mol. The van der Waals surface area contributed by atoms with Crippen molar-refractivity contribution >= 4 is 27.8 Å². The number of methoxy groups -OCH3 is 1. The maximum atomic E-state index is 11.7. The fourth-order valence-corrected chi connectivity index (χ4v) is 2.90. The molecule has 9 nitrogen and oxygen atoms in total. The van der Waals surface area contributed by atoms with Crippen LogP contribution < -0.4 is 10.5 Å². The first-order chi connectivity index (χ1) is 13.2. The molecule has 4 N–H and O–H groups in total. The lowest BCUT2D eigenvalue weighted by molar-refractivity contribution is 0.1000. The van der Waals surface area contributed by atoms with Crippen molar-refractivity contribution in [1.29, 1.82) is 0 Å². The summed E-state index contributed by atoms with van der Waals surface area (Å²) in [4.78, 5) is 23.9. The molecule has 0 aliphatic rings. The second-order valence-corrected chi connectivity index (χ2v) is 6.01. The number of hydrogen-bond acceptors (Lipinski definition) is 6. The van der Waals surface area contributed by atoms with Gasteiger partial charge in [-0.2, -0.15) is 5.10 Å². The number of benzene rings is 1. The van der Waals surface area contributed by atoms with E-state index in [2.05, 4.69) is 25.1 Å². The van der Waals surface area contributed by atoms with Gasteiger partial charge in [-0.15, -0.1) is 0 Å². The number of nitrogens with one attached hydrogen (secondary N) is 2. The van der Waals surface area contributed by atoms with E-state index in [4.69, 9.17) is 15.2 Å². The summed E-state index contributed by atoms with van der Waals surface area (Å²) in [6.07, 6.45) is 4.07. The lowest BCUT2D eigenvalue weighted by atomic mass is 10.1. The third-order valence-corrected chi connectivity index (χ3v) is 4.20. The molecule has 9 heteroatoms. The number of amides is 1. The molecule has 0 fully saturated rings. The number of hydrogen-bond donors (Lipinski definition) is 3. The molecule has 0 atom stereocenters. The Morgan fingerprint density at radius 2 is 2.15 bits per heavy atom. The minimum Gasteiger partial charge on any atom is -0.491 e. The number of ether oxygens (including phenoxy) is 2. The summed E-state index contributed by atoms with van der Waals surface area (Å²) in [5.74, 6) is 0.533. The number of nitrogens with two attached hydrogens (primary N) is 1. The highest BCUT2D eigenvalue weighted by atomic mass is 16.5. The molecule has 0 spiro atoms. The predicted molar refractivity (Wildman–Crippen MR) is 99.5 cm³/mol. The van der Waals surface area contributed by atoms with Crippen molar-refractivity contribution in [2.24, 2.45) is 5.73 Å². The van der Waals surface area contributed by atoms with E-state index in [-0.39, 0.29) is 0 Å². The third kappa shape index (κ3) is 3.20. The van der Waals surface area contributed by atoms with Crippen LogP contribution in [0.5, 0.6) is 5.75 Å². The molecule has 0 aliphatic heterocycles. The van der Waals surface area contributed by atoms with E-state index in [1.54, 1.807) is 37.7 Å². The van der Waals surface area contributed by atoms with Gasteiger partial charge in [-0.05, 0) is 18.2 Å². The van der Waals surface area contributed by atoms with E-state index < -0.39 is 5.91 Å². The zero-order valence-electron chi connectivity index (χ0n) is 14.7. The number of fused-ring (bicyclic) bond motifs is 3. The van der Waals surface area contributed by atoms with Crippen molar-refractivity contribution in [3.63, 3.8) is 0 Å². The Kier molecular flexibility index (Phi) is 4.43. The van der Waals surface area contributed by atoms with Gasteiger partial charge in [0.15, 0.2) is 5.82 Å². The van der Waals surface area contributed by atoms with Gasteiger partial charge in [0.05, 0.1) is 12.1 Å². The Morgan fingerprint density at radius 1 is 1.26 bits per heavy atom. The van der Waals surface area contributed by atoms with Gasteiger partial charge in [-0.25, -0.2) is 9.97 Å². The summed E-state index contributed by atoms with van der Waals surface area (Å²) >= 11 is 0. The number of nitrogens with zero attached hydrogens (tertiary/aromatic N) is 3. The molecule has 0 radical (unpaired) electrons. The van der Waals surface area contributed by atoms with Crippen molar-refractivity contribution in [2.75, 3.05) is 20.3 Å². The van der Waals surface area contributed by atoms with Gasteiger partial charge in [0.1, 0.15) is 17.1 Å². The average Bonchev–Trinajstić information content (AvgIpc) is 3.32. The van der Waals surface area contributed by atoms with Crippen LogP contribution in [-0.4, -0.2) is 51.4 Å². The Labute approximate surface area is 153 Å². The normalized spacial score (nSPS) is 11.3. The van der Waals surface area contributed by atoms with Gasteiger partial charge in [0.2, 0.25) is 5.91 Å². The highest BCUT2D eigenvalue weighted by Crippen LogP contribution is 2.33. The zero-order valence-corrected chi connectivity index (χ0v) is 14.7. The Morgan fingerprint density at radius 3 is 2.89 bits per heavy atom. The average molecular weight is 366 g/mol. The van der Waals surface area contributed by atoms with Crippen LogP contribution in [-0.2, 0) is 4.74 Å². The minimum atomic E-state index is -0.525. The summed E-state index contributed by atoms with van der Waals surface area (Å²) in [5, 5.41) is 8.31. The van der Waals surface area contributed by atoms with Gasteiger partial charge in [-0.1, -0.05) is 0 Å². The van der Waals surface area contributed by atoms with Crippen LogP contribution >= 0.6 is 0 Å². The standard InChI is InChI=1S/C18H18N6O3/c1-26-5-2-6-27-14-8-10(16(19)25)7-11-12-9-20-18(13-3-4-21-24-13)23-17(12)22-15(11)14/h3-4,7-9H,2,5-6H2,1H3,(H2,19,25)(H,21,24)(H,20,22,23). The summed E-state index contributed by atoms with van der Waals surface area (Å²) in [7, 11) is 1.64. The molecule has 0 saturated heterocycles. The molecule has 27 heavy (non-hydrogen) atoms. The van der Waals surface area contributed by atoms with Gasteiger partial charge in [-0.3, -0.25) is 9.89 Å². The molecule has 0 bridgehead atoms. The van der Waals surface area contributed by atoms with Crippen LogP contribution in [0.2, 0.25) is 0 Å². The van der Waals surface area contributed by atoms with E-state index in [0.717, 1.165) is 22.7 Å². The molecular formula is C18H18N6O3. The number of aromatic nitrogens is 5. The van der Waals surface area contributed by atoms with Crippen molar-refractivity contribution in [3.8, 4) is 17.3 Å². The summed E-state index contributed by atoms with van der Waals surface area (Å²) in [6.45, 7) is 1.04. The molecule has 0 unspecified atom stereocenters. The second-order valence-electron chi connectivity index (χ2n) is 6.01. The van der Waals surface area contributed by atoms with Crippen LogP contribution in [0, 0.1) is 0 Å². The molecule has 4 aromatic rings. The summed E-state index contributed by atoms with van der Waals surface area (Å²) in [5.41, 5.74) is 7.93. The van der Waals surface area contributed by atoms with Crippen molar-refractivity contribution in [3.05, 3.63) is 36.2 Å².